The van der Waals surface area contributed by atoms with Crippen molar-refractivity contribution in [2.24, 2.45) is 0 Å². The number of carbonyl (C=O) groups is 2. The SMILES string of the molecule is C[C@@H](c1ccccc1)N(C(=O)c1ccc(Cl)cc1Cl)c1cc(-c2ccccc2)sc1C(=O)O. The van der Waals surface area contributed by atoms with Gasteiger partial charge in [-0.15, -0.1) is 11.3 Å². The van der Waals surface area contributed by atoms with E-state index in [-0.39, 0.29) is 15.5 Å². The Hall–Kier alpha value is -3.12. The molecule has 4 aromatic rings. The molecule has 0 spiro atoms. The van der Waals surface area contributed by atoms with Gasteiger partial charge in [0.1, 0.15) is 4.88 Å². The number of amides is 1. The number of hydrogen-bond acceptors (Lipinski definition) is 3. The van der Waals surface area contributed by atoms with Gasteiger partial charge in [-0.2, -0.15) is 0 Å². The minimum atomic E-state index is -1.10. The van der Waals surface area contributed by atoms with Crippen LogP contribution in [0.1, 0.15) is 38.6 Å². The van der Waals surface area contributed by atoms with Crippen molar-refractivity contribution < 1.29 is 14.7 Å². The Labute approximate surface area is 205 Å². The molecule has 0 saturated heterocycles. The zero-order valence-corrected chi connectivity index (χ0v) is 19.9. The molecule has 1 amide bonds. The minimum absolute atomic E-state index is 0.0788. The molecule has 0 aliphatic carbocycles. The highest BCUT2D eigenvalue weighted by Gasteiger charge is 2.31. The zero-order valence-electron chi connectivity index (χ0n) is 17.5. The molecule has 0 unspecified atom stereocenters. The number of benzene rings is 3. The molecule has 166 valence electrons. The number of hydrogen-bond donors (Lipinski definition) is 1. The maximum Gasteiger partial charge on any atom is 0.348 e. The van der Waals surface area contributed by atoms with Crippen LogP contribution in [0, 0.1) is 0 Å². The number of thiophene rings is 1. The molecule has 1 heterocycles. The molecule has 4 nitrogen and oxygen atoms in total. The molecule has 1 aromatic heterocycles. The van der Waals surface area contributed by atoms with Crippen molar-refractivity contribution in [2.45, 2.75) is 13.0 Å². The van der Waals surface area contributed by atoms with Crippen molar-refractivity contribution in [3.05, 3.63) is 111 Å². The van der Waals surface area contributed by atoms with E-state index in [0.717, 1.165) is 27.3 Å². The lowest BCUT2D eigenvalue weighted by Crippen LogP contribution is -2.34. The molecule has 4 rings (SSSR count). The topological polar surface area (TPSA) is 57.6 Å². The fourth-order valence-corrected chi connectivity index (χ4v) is 5.11. The lowest BCUT2D eigenvalue weighted by Gasteiger charge is -2.30. The Morgan fingerprint density at radius 3 is 2.15 bits per heavy atom. The largest absolute Gasteiger partial charge is 0.477 e. The summed E-state index contributed by atoms with van der Waals surface area (Å²) in [5.74, 6) is -1.51. The maximum absolute atomic E-state index is 13.8. The molecule has 0 aliphatic heterocycles. The first-order valence-corrected chi connectivity index (χ1v) is 11.7. The van der Waals surface area contributed by atoms with Gasteiger partial charge in [-0.1, -0.05) is 83.9 Å². The second-order valence-corrected chi connectivity index (χ2v) is 9.28. The van der Waals surface area contributed by atoms with Crippen LogP contribution in [0.3, 0.4) is 0 Å². The molecule has 3 aromatic carbocycles. The van der Waals surface area contributed by atoms with Crippen molar-refractivity contribution >= 4 is 52.1 Å². The average molecular weight is 496 g/mol. The van der Waals surface area contributed by atoms with E-state index in [1.165, 1.54) is 11.0 Å². The molecular weight excluding hydrogens is 477 g/mol. The highest BCUT2D eigenvalue weighted by Crippen LogP contribution is 2.41. The molecule has 0 fully saturated rings. The second-order valence-electron chi connectivity index (χ2n) is 7.38. The highest BCUT2D eigenvalue weighted by atomic mass is 35.5. The van der Waals surface area contributed by atoms with E-state index in [9.17, 15) is 14.7 Å². The first-order valence-electron chi connectivity index (χ1n) is 10.1. The van der Waals surface area contributed by atoms with E-state index in [1.54, 1.807) is 18.2 Å². The lowest BCUT2D eigenvalue weighted by atomic mass is 10.0. The molecule has 1 N–H and O–H groups in total. The Bertz CT molecular complexity index is 1310. The standard InChI is InChI=1S/C26H19Cl2NO3S/c1-16(17-8-4-2-5-9-17)29(25(30)20-13-12-19(27)14-21(20)28)22-15-23(33-24(22)26(31)32)18-10-6-3-7-11-18/h2-16H,1H3,(H,31,32)/t16-/m0/s1. The number of nitrogens with zero attached hydrogens (tertiary/aromatic N) is 1. The number of halogens is 2. The van der Waals surface area contributed by atoms with Gasteiger partial charge in [0.05, 0.1) is 22.3 Å². The monoisotopic (exact) mass is 495 g/mol. The van der Waals surface area contributed by atoms with E-state index < -0.39 is 17.9 Å². The molecule has 0 saturated carbocycles. The van der Waals surface area contributed by atoms with Crippen molar-refractivity contribution in [1.29, 1.82) is 0 Å². The van der Waals surface area contributed by atoms with Crippen molar-refractivity contribution in [1.82, 2.24) is 0 Å². The summed E-state index contributed by atoms with van der Waals surface area (Å²) in [5, 5.41) is 10.6. The van der Waals surface area contributed by atoms with Crippen molar-refractivity contribution in [3.8, 4) is 10.4 Å². The number of aromatic carboxylic acids is 1. The summed E-state index contributed by atoms with van der Waals surface area (Å²) in [5.41, 5.74) is 2.30. The predicted octanol–water partition coefficient (Wildman–Crippen LogP) is 7.83. The smallest absolute Gasteiger partial charge is 0.348 e. The van der Waals surface area contributed by atoms with E-state index in [2.05, 4.69) is 0 Å². The third-order valence-electron chi connectivity index (χ3n) is 5.27. The summed E-state index contributed by atoms with van der Waals surface area (Å²) in [6.07, 6.45) is 0. The van der Waals surface area contributed by atoms with Gasteiger partial charge in [0, 0.05) is 9.90 Å². The average Bonchev–Trinajstić information content (AvgIpc) is 3.25. The van der Waals surface area contributed by atoms with Crippen LogP contribution in [0.25, 0.3) is 10.4 Å². The van der Waals surface area contributed by atoms with Gasteiger partial charge in [-0.3, -0.25) is 9.69 Å². The molecule has 0 bridgehead atoms. The number of rotatable bonds is 6. The zero-order chi connectivity index (χ0) is 23.5. The second kappa shape index (κ2) is 9.79. The van der Waals surface area contributed by atoms with Crippen molar-refractivity contribution in [3.63, 3.8) is 0 Å². The van der Waals surface area contributed by atoms with Gasteiger partial charge in [0.2, 0.25) is 0 Å². The van der Waals surface area contributed by atoms with E-state index >= 15 is 0 Å². The lowest BCUT2D eigenvalue weighted by molar-refractivity contribution is 0.0703. The van der Waals surface area contributed by atoms with Gasteiger partial charge < -0.3 is 5.11 Å². The molecule has 33 heavy (non-hydrogen) atoms. The van der Waals surface area contributed by atoms with E-state index in [4.69, 9.17) is 23.2 Å². The Morgan fingerprint density at radius 2 is 1.55 bits per heavy atom. The van der Waals surface area contributed by atoms with Gasteiger partial charge >= 0.3 is 5.97 Å². The van der Waals surface area contributed by atoms with Crippen LogP contribution in [0.15, 0.2) is 84.9 Å². The van der Waals surface area contributed by atoms with Gasteiger partial charge in [-0.25, -0.2) is 4.79 Å². The minimum Gasteiger partial charge on any atom is -0.477 e. The number of carboxylic acid groups (broad SMARTS) is 1. The van der Waals surface area contributed by atoms with Crippen LogP contribution in [0.2, 0.25) is 10.0 Å². The Balaban J connectivity index is 1.90. The fourth-order valence-electron chi connectivity index (χ4n) is 3.63. The van der Waals surface area contributed by atoms with Gasteiger partial charge in [-0.05, 0) is 42.3 Å². The summed E-state index contributed by atoms with van der Waals surface area (Å²) < 4.78 is 0. The summed E-state index contributed by atoms with van der Waals surface area (Å²) in [4.78, 5) is 28.4. The van der Waals surface area contributed by atoms with Crippen LogP contribution in [-0.4, -0.2) is 17.0 Å². The van der Waals surface area contributed by atoms with Gasteiger partial charge in [0.15, 0.2) is 0 Å². The number of anilines is 1. The molecular formula is C26H19Cl2NO3S. The molecule has 0 radical (unpaired) electrons. The van der Waals surface area contributed by atoms with Crippen LogP contribution in [0.4, 0.5) is 5.69 Å². The Kier molecular flexibility index (Phi) is 6.84. The normalized spacial score (nSPS) is 11.7. The van der Waals surface area contributed by atoms with Crippen LogP contribution in [-0.2, 0) is 0 Å². The van der Waals surface area contributed by atoms with Crippen LogP contribution < -0.4 is 4.90 Å². The number of carbonyl (C=O) groups excluding carboxylic acids is 1. The highest BCUT2D eigenvalue weighted by molar-refractivity contribution is 7.18. The Morgan fingerprint density at radius 1 is 0.909 bits per heavy atom. The first kappa shape index (κ1) is 23.1. The first-order chi connectivity index (χ1) is 15.9. The summed E-state index contributed by atoms with van der Waals surface area (Å²) >= 11 is 13.5. The predicted molar refractivity (Wildman–Crippen MR) is 135 cm³/mol. The van der Waals surface area contributed by atoms with Crippen molar-refractivity contribution in [2.75, 3.05) is 4.90 Å². The maximum atomic E-state index is 13.8. The molecule has 1 atom stereocenters. The van der Waals surface area contributed by atoms with Gasteiger partial charge in [0.25, 0.3) is 5.91 Å². The third-order valence-corrected chi connectivity index (χ3v) is 6.98. The fraction of sp³-hybridized carbons (Fsp3) is 0.0769. The van der Waals surface area contributed by atoms with Crippen LogP contribution in [0.5, 0.6) is 0 Å². The van der Waals surface area contributed by atoms with E-state index in [0.29, 0.717) is 10.7 Å². The summed E-state index contributed by atoms with van der Waals surface area (Å²) in [6.45, 7) is 1.86. The summed E-state index contributed by atoms with van der Waals surface area (Å²) in [7, 11) is 0. The molecule has 7 heteroatoms. The third kappa shape index (κ3) is 4.81. The number of carboxylic acids is 1. The summed E-state index contributed by atoms with van der Waals surface area (Å²) in [6, 6.07) is 24.9. The molecule has 0 aliphatic rings. The van der Waals surface area contributed by atoms with Crippen LogP contribution >= 0.6 is 34.5 Å². The van der Waals surface area contributed by atoms with E-state index in [1.807, 2.05) is 67.6 Å². The quantitative estimate of drug-likeness (QED) is 0.296.